The smallest absolute Gasteiger partial charge is 0.127 e. The zero-order valence-corrected chi connectivity index (χ0v) is 13.3. The first kappa shape index (κ1) is 15.7. The van der Waals surface area contributed by atoms with Gasteiger partial charge >= 0.3 is 0 Å². The van der Waals surface area contributed by atoms with E-state index >= 15 is 0 Å². The van der Waals surface area contributed by atoms with Gasteiger partial charge in [0.05, 0.1) is 0 Å². The van der Waals surface area contributed by atoms with Crippen LogP contribution in [0.3, 0.4) is 0 Å². The predicted molar refractivity (Wildman–Crippen MR) is 82.6 cm³/mol. The van der Waals surface area contributed by atoms with Gasteiger partial charge in [-0.3, -0.25) is 4.90 Å². The average molecular weight is 299 g/mol. The molecule has 1 aliphatic rings. The van der Waals surface area contributed by atoms with Crippen LogP contribution in [-0.2, 0) is 6.54 Å². The summed E-state index contributed by atoms with van der Waals surface area (Å²) >= 11 is 5.99. The van der Waals surface area contributed by atoms with Crippen molar-refractivity contribution in [3.8, 4) is 0 Å². The fourth-order valence-electron chi connectivity index (χ4n) is 2.77. The van der Waals surface area contributed by atoms with Crippen LogP contribution in [0.5, 0.6) is 0 Å². The predicted octanol–water partition coefficient (Wildman–Crippen LogP) is 3.83. The Morgan fingerprint density at radius 3 is 2.90 bits per heavy atom. The van der Waals surface area contributed by atoms with Crippen LogP contribution in [0, 0.1) is 5.82 Å². The topological polar surface area (TPSA) is 15.3 Å². The van der Waals surface area contributed by atoms with E-state index in [1.54, 1.807) is 12.1 Å². The highest BCUT2D eigenvalue weighted by molar-refractivity contribution is 6.30. The van der Waals surface area contributed by atoms with E-state index in [9.17, 15) is 4.39 Å². The minimum atomic E-state index is -0.171. The van der Waals surface area contributed by atoms with E-state index < -0.39 is 0 Å². The Morgan fingerprint density at radius 2 is 2.20 bits per heavy atom. The molecule has 1 fully saturated rings. The van der Waals surface area contributed by atoms with E-state index in [0.29, 0.717) is 23.2 Å². The SMILES string of the molecule is CCCC1CN(Cc2cc(Cl)ccc2F)C(C)(C)CN1. The van der Waals surface area contributed by atoms with E-state index in [4.69, 9.17) is 11.6 Å². The molecule has 0 aliphatic carbocycles. The largest absolute Gasteiger partial charge is 0.311 e. The molecule has 1 aromatic rings. The highest BCUT2D eigenvalue weighted by atomic mass is 35.5. The number of benzene rings is 1. The molecule has 0 radical (unpaired) electrons. The van der Waals surface area contributed by atoms with Gasteiger partial charge in [0.1, 0.15) is 5.82 Å². The normalized spacial score (nSPS) is 22.9. The second-order valence-corrected chi connectivity index (χ2v) is 6.73. The lowest BCUT2D eigenvalue weighted by molar-refractivity contribution is 0.0554. The molecule has 1 N–H and O–H groups in total. The fourth-order valence-corrected chi connectivity index (χ4v) is 2.97. The molecule has 0 spiro atoms. The highest BCUT2D eigenvalue weighted by Crippen LogP contribution is 2.25. The van der Waals surface area contributed by atoms with Crippen LogP contribution in [0.1, 0.15) is 39.2 Å². The Balaban J connectivity index is 2.13. The monoisotopic (exact) mass is 298 g/mol. The molecule has 0 saturated carbocycles. The summed E-state index contributed by atoms with van der Waals surface area (Å²) in [5.74, 6) is -0.171. The molecule has 1 unspecified atom stereocenters. The summed E-state index contributed by atoms with van der Waals surface area (Å²) in [6.45, 7) is 9.09. The zero-order chi connectivity index (χ0) is 14.8. The maximum absolute atomic E-state index is 13.9. The first-order valence-corrected chi connectivity index (χ1v) is 7.72. The standard InChI is InChI=1S/C16H24ClFN2/c1-4-5-14-10-20(16(2,3)11-19-14)9-12-8-13(17)6-7-15(12)18/h6-8,14,19H,4-5,9-11H2,1-3H3. The van der Waals surface area contributed by atoms with Crippen LogP contribution in [-0.4, -0.2) is 29.6 Å². The van der Waals surface area contributed by atoms with Crippen LogP contribution in [0.2, 0.25) is 5.02 Å². The summed E-state index contributed by atoms with van der Waals surface area (Å²) in [5.41, 5.74) is 0.710. The lowest BCUT2D eigenvalue weighted by atomic mass is 9.95. The van der Waals surface area contributed by atoms with Gasteiger partial charge in [-0.15, -0.1) is 0 Å². The van der Waals surface area contributed by atoms with Crippen molar-refractivity contribution in [3.05, 3.63) is 34.6 Å². The minimum Gasteiger partial charge on any atom is -0.311 e. The summed E-state index contributed by atoms with van der Waals surface area (Å²) in [5, 5.41) is 4.19. The van der Waals surface area contributed by atoms with E-state index in [-0.39, 0.29) is 11.4 Å². The lowest BCUT2D eigenvalue weighted by Crippen LogP contribution is -2.61. The van der Waals surface area contributed by atoms with Crippen molar-refractivity contribution >= 4 is 11.6 Å². The third-order valence-electron chi connectivity index (χ3n) is 4.13. The third kappa shape index (κ3) is 3.72. The zero-order valence-electron chi connectivity index (χ0n) is 12.5. The Hall–Kier alpha value is -0.640. The molecule has 1 aliphatic heterocycles. The van der Waals surface area contributed by atoms with Crippen molar-refractivity contribution in [1.29, 1.82) is 0 Å². The number of nitrogens with one attached hydrogen (secondary N) is 1. The summed E-state index contributed by atoms with van der Waals surface area (Å²) in [6.07, 6.45) is 2.32. The number of halogens is 2. The Bertz CT molecular complexity index is 462. The van der Waals surface area contributed by atoms with Crippen LogP contribution < -0.4 is 5.32 Å². The third-order valence-corrected chi connectivity index (χ3v) is 4.36. The van der Waals surface area contributed by atoms with E-state index in [0.717, 1.165) is 25.9 Å². The van der Waals surface area contributed by atoms with Gasteiger partial charge in [0, 0.05) is 41.8 Å². The van der Waals surface area contributed by atoms with Gasteiger partial charge in [-0.1, -0.05) is 24.9 Å². The van der Waals surface area contributed by atoms with Gasteiger partial charge in [0.2, 0.25) is 0 Å². The van der Waals surface area contributed by atoms with Crippen LogP contribution in [0.4, 0.5) is 4.39 Å². The summed E-state index contributed by atoms with van der Waals surface area (Å²) in [4.78, 5) is 2.36. The summed E-state index contributed by atoms with van der Waals surface area (Å²) in [7, 11) is 0. The Kier molecular flexibility index (Phi) is 5.05. The molecule has 112 valence electrons. The summed E-state index contributed by atoms with van der Waals surface area (Å²) < 4.78 is 13.9. The second kappa shape index (κ2) is 6.42. The van der Waals surface area contributed by atoms with Crippen molar-refractivity contribution in [2.45, 2.75) is 51.7 Å². The number of piperazine rings is 1. The summed E-state index contributed by atoms with van der Waals surface area (Å²) in [6, 6.07) is 5.29. The molecule has 0 bridgehead atoms. The van der Waals surface area contributed by atoms with Gasteiger partial charge in [0.15, 0.2) is 0 Å². The van der Waals surface area contributed by atoms with Crippen molar-refractivity contribution in [3.63, 3.8) is 0 Å². The molecule has 1 heterocycles. The minimum absolute atomic E-state index is 0.0268. The lowest BCUT2D eigenvalue weighted by Gasteiger charge is -2.46. The van der Waals surface area contributed by atoms with Gasteiger partial charge in [0.25, 0.3) is 0 Å². The van der Waals surface area contributed by atoms with Crippen molar-refractivity contribution < 1.29 is 4.39 Å². The quantitative estimate of drug-likeness (QED) is 0.909. The molecule has 20 heavy (non-hydrogen) atoms. The molecule has 2 rings (SSSR count). The van der Waals surface area contributed by atoms with Crippen LogP contribution in [0.15, 0.2) is 18.2 Å². The van der Waals surface area contributed by atoms with E-state index in [2.05, 4.69) is 31.0 Å². The van der Waals surface area contributed by atoms with E-state index in [1.165, 1.54) is 6.07 Å². The maximum Gasteiger partial charge on any atom is 0.127 e. The van der Waals surface area contributed by atoms with Crippen LogP contribution >= 0.6 is 11.6 Å². The first-order valence-electron chi connectivity index (χ1n) is 7.34. The maximum atomic E-state index is 13.9. The molecule has 0 amide bonds. The average Bonchev–Trinajstić information content (AvgIpc) is 2.38. The molecule has 4 heteroatoms. The van der Waals surface area contributed by atoms with Gasteiger partial charge in [-0.05, 0) is 38.5 Å². The Labute approximate surface area is 126 Å². The molecule has 2 nitrogen and oxygen atoms in total. The van der Waals surface area contributed by atoms with Gasteiger partial charge < -0.3 is 5.32 Å². The number of nitrogens with zero attached hydrogens (tertiary/aromatic N) is 1. The van der Waals surface area contributed by atoms with Crippen molar-refractivity contribution in [2.24, 2.45) is 0 Å². The highest BCUT2D eigenvalue weighted by Gasteiger charge is 2.33. The number of hydrogen-bond donors (Lipinski definition) is 1. The molecule has 0 aromatic heterocycles. The molecule has 1 aromatic carbocycles. The van der Waals surface area contributed by atoms with Crippen molar-refractivity contribution in [1.82, 2.24) is 10.2 Å². The van der Waals surface area contributed by atoms with Crippen molar-refractivity contribution in [2.75, 3.05) is 13.1 Å². The molecular formula is C16H24ClFN2. The van der Waals surface area contributed by atoms with E-state index in [1.807, 2.05) is 0 Å². The second-order valence-electron chi connectivity index (χ2n) is 6.30. The van der Waals surface area contributed by atoms with Crippen LogP contribution in [0.25, 0.3) is 0 Å². The Morgan fingerprint density at radius 1 is 1.45 bits per heavy atom. The first-order chi connectivity index (χ1) is 9.42. The molecule has 1 saturated heterocycles. The fraction of sp³-hybridized carbons (Fsp3) is 0.625. The van der Waals surface area contributed by atoms with Gasteiger partial charge in [-0.2, -0.15) is 0 Å². The van der Waals surface area contributed by atoms with Gasteiger partial charge in [-0.25, -0.2) is 4.39 Å². The molecular weight excluding hydrogens is 275 g/mol. The number of hydrogen-bond acceptors (Lipinski definition) is 2. The number of rotatable bonds is 4. The molecule has 1 atom stereocenters.